The second-order valence-corrected chi connectivity index (χ2v) is 11.5. The molecular weight excluding hydrogens is 597 g/mol. The molecule has 1 aliphatic heterocycles. The minimum absolute atomic E-state index is 0.0452. The van der Waals surface area contributed by atoms with Crippen LogP contribution >= 0.6 is 11.6 Å². The number of aromatic nitrogens is 1. The summed E-state index contributed by atoms with van der Waals surface area (Å²) in [4.78, 5) is 60.6. The van der Waals surface area contributed by atoms with Crippen molar-refractivity contribution >= 4 is 46.0 Å². The number of halogens is 2. The van der Waals surface area contributed by atoms with Crippen molar-refractivity contribution in [2.24, 2.45) is 5.73 Å². The molecular formula is C34H33ClFN5O4. The molecule has 0 unspecified atom stereocenters. The van der Waals surface area contributed by atoms with Crippen LogP contribution in [0.2, 0.25) is 5.02 Å². The molecule has 0 spiro atoms. The van der Waals surface area contributed by atoms with E-state index in [-0.39, 0.29) is 42.4 Å². The Hall–Kier alpha value is -4.83. The van der Waals surface area contributed by atoms with Crippen molar-refractivity contribution in [1.82, 2.24) is 20.1 Å². The number of nitrogens with zero attached hydrogens (tertiary/aromatic N) is 3. The van der Waals surface area contributed by atoms with Crippen LogP contribution in [0, 0.1) is 5.82 Å². The molecule has 9 nitrogen and oxygen atoms in total. The molecule has 11 heteroatoms. The SMILES string of the molecule is C[C@@H]1CCN([C@H](Cc2cccc3ccccc23)C(N)=O)C(=O)[C@@H](c2ccc(F)c(Cl)c2)N1C(=O)CNC(=O)Cc1ccncc1. The molecule has 3 atom stereocenters. The minimum atomic E-state index is -1.25. The molecule has 0 saturated carbocycles. The number of primary amides is 1. The average molecular weight is 630 g/mol. The Bertz CT molecular complexity index is 1730. The first-order valence-corrected chi connectivity index (χ1v) is 15.0. The Morgan fingerprint density at radius 2 is 1.80 bits per heavy atom. The first-order chi connectivity index (χ1) is 21.6. The van der Waals surface area contributed by atoms with Gasteiger partial charge < -0.3 is 20.9 Å². The lowest BCUT2D eigenvalue weighted by molar-refractivity contribution is -0.148. The maximum atomic E-state index is 14.5. The van der Waals surface area contributed by atoms with Crippen LogP contribution < -0.4 is 11.1 Å². The molecule has 4 amide bonds. The number of nitrogens with one attached hydrogen (secondary N) is 1. The van der Waals surface area contributed by atoms with Gasteiger partial charge >= 0.3 is 0 Å². The highest BCUT2D eigenvalue weighted by Crippen LogP contribution is 2.33. The summed E-state index contributed by atoms with van der Waals surface area (Å²) in [5.74, 6) is -2.82. The van der Waals surface area contributed by atoms with E-state index < -0.39 is 41.7 Å². The molecule has 0 aliphatic carbocycles. The average Bonchev–Trinajstić information content (AvgIpc) is 3.16. The number of pyridine rings is 1. The van der Waals surface area contributed by atoms with Crippen LogP contribution in [0.3, 0.4) is 0 Å². The van der Waals surface area contributed by atoms with Crippen LogP contribution in [-0.4, -0.2) is 63.6 Å². The lowest BCUT2D eigenvalue weighted by Gasteiger charge is -2.36. The maximum Gasteiger partial charge on any atom is 0.250 e. The normalized spacial score (nSPS) is 17.5. The zero-order valence-electron chi connectivity index (χ0n) is 24.7. The van der Waals surface area contributed by atoms with Crippen molar-refractivity contribution in [2.75, 3.05) is 13.1 Å². The highest BCUT2D eigenvalue weighted by Gasteiger charge is 2.43. The van der Waals surface area contributed by atoms with E-state index in [2.05, 4.69) is 10.3 Å². The van der Waals surface area contributed by atoms with E-state index in [0.29, 0.717) is 6.42 Å². The van der Waals surface area contributed by atoms with Gasteiger partial charge in [0.1, 0.15) is 17.9 Å². The van der Waals surface area contributed by atoms with Gasteiger partial charge in [0, 0.05) is 31.4 Å². The number of hydrogen-bond acceptors (Lipinski definition) is 5. The van der Waals surface area contributed by atoms with E-state index in [0.717, 1.165) is 28.0 Å². The fourth-order valence-electron chi connectivity index (χ4n) is 5.85. The topological polar surface area (TPSA) is 126 Å². The third-order valence-corrected chi connectivity index (χ3v) is 8.44. The first kappa shape index (κ1) is 31.6. The summed E-state index contributed by atoms with van der Waals surface area (Å²) in [6, 6.07) is 17.9. The Morgan fingerprint density at radius 3 is 2.53 bits per heavy atom. The molecule has 4 aromatic rings. The van der Waals surface area contributed by atoms with Crippen LogP contribution in [0.25, 0.3) is 10.8 Å². The predicted molar refractivity (Wildman–Crippen MR) is 168 cm³/mol. The lowest BCUT2D eigenvalue weighted by atomic mass is 9.96. The smallest absolute Gasteiger partial charge is 0.250 e. The summed E-state index contributed by atoms with van der Waals surface area (Å²) in [7, 11) is 0. The molecule has 5 rings (SSSR count). The van der Waals surface area contributed by atoms with E-state index >= 15 is 0 Å². The molecule has 3 aromatic carbocycles. The van der Waals surface area contributed by atoms with Crippen molar-refractivity contribution in [3.8, 4) is 0 Å². The molecule has 232 valence electrons. The largest absolute Gasteiger partial charge is 0.368 e. The van der Waals surface area contributed by atoms with Gasteiger partial charge in [0.05, 0.1) is 18.0 Å². The Balaban J connectivity index is 1.46. The van der Waals surface area contributed by atoms with Crippen molar-refractivity contribution in [3.05, 3.63) is 113 Å². The summed E-state index contributed by atoms with van der Waals surface area (Å²) in [5.41, 5.74) is 7.78. The van der Waals surface area contributed by atoms with E-state index in [1.807, 2.05) is 42.5 Å². The van der Waals surface area contributed by atoms with Gasteiger partial charge in [0.2, 0.25) is 17.7 Å². The Morgan fingerprint density at radius 1 is 1.07 bits per heavy atom. The molecule has 0 radical (unpaired) electrons. The van der Waals surface area contributed by atoms with Crippen molar-refractivity contribution in [3.63, 3.8) is 0 Å². The van der Waals surface area contributed by atoms with Crippen molar-refractivity contribution in [1.29, 1.82) is 0 Å². The molecule has 2 heterocycles. The van der Waals surface area contributed by atoms with Gasteiger partial charge in [-0.15, -0.1) is 0 Å². The van der Waals surface area contributed by atoms with E-state index in [1.54, 1.807) is 31.5 Å². The molecule has 1 saturated heterocycles. The molecule has 0 bridgehead atoms. The number of benzene rings is 3. The third kappa shape index (κ3) is 7.12. The Labute approximate surface area is 265 Å². The molecule has 3 N–H and O–H groups in total. The number of carbonyl (C=O) groups excluding carboxylic acids is 4. The van der Waals surface area contributed by atoms with Gasteiger partial charge in [-0.3, -0.25) is 24.2 Å². The van der Waals surface area contributed by atoms with Crippen LogP contribution in [0.1, 0.15) is 36.1 Å². The summed E-state index contributed by atoms with van der Waals surface area (Å²) >= 11 is 6.14. The molecule has 1 aliphatic rings. The van der Waals surface area contributed by atoms with Crippen molar-refractivity contribution in [2.45, 2.75) is 44.3 Å². The number of rotatable bonds is 9. The summed E-state index contributed by atoms with van der Waals surface area (Å²) in [6.45, 7) is 1.56. The zero-order valence-corrected chi connectivity index (χ0v) is 25.4. The highest BCUT2D eigenvalue weighted by molar-refractivity contribution is 6.30. The second-order valence-electron chi connectivity index (χ2n) is 11.1. The summed E-state index contributed by atoms with van der Waals surface area (Å²) in [6.07, 6.45) is 3.67. The standard InChI is InChI=1S/C34H33ClFN5O4/c1-21-13-16-40(29(33(37)44)19-24-7-4-6-23-5-2-3-8-26(23)24)34(45)32(25-9-10-28(36)27(35)18-25)41(21)31(43)20-39-30(42)17-22-11-14-38-15-12-22/h2-12,14-15,18,21,29,32H,13,16-17,19-20H2,1H3,(H2,37,44)(H,39,42)/t21-,29-,32-/m1/s1. The number of nitrogens with two attached hydrogens (primary N) is 1. The number of carbonyl (C=O) groups is 4. The third-order valence-electron chi connectivity index (χ3n) is 8.15. The molecule has 1 fully saturated rings. The van der Waals surface area contributed by atoms with Gasteiger partial charge in [-0.05, 0) is 65.1 Å². The van der Waals surface area contributed by atoms with E-state index in [1.165, 1.54) is 21.9 Å². The zero-order chi connectivity index (χ0) is 32.1. The molecule has 45 heavy (non-hydrogen) atoms. The van der Waals surface area contributed by atoms with Crippen LogP contribution in [0.5, 0.6) is 0 Å². The summed E-state index contributed by atoms with van der Waals surface area (Å²) in [5, 5.41) is 4.34. The lowest BCUT2D eigenvalue weighted by Crippen LogP contribution is -2.53. The fourth-order valence-corrected chi connectivity index (χ4v) is 6.04. The van der Waals surface area contributed by atoms with Gasteiger partial charge in [0.25, 0.3) is 5.91 Å². The quantitative estimate of drug-likeness (QED) is 0.290. The second kappa shape index (κ2) is 13.9. The highest BCUT2D eigenvalue weighted by atomic mass is 35.5. The van der Waals surface area contributed by atoms with Gasteiger partial charge in [-0.1, -0.05) is 60.1 Å². The van der Waals surface area contributed by atoms with Crippen molar-refractivity contribution < 1.29 is 23.6 Å². The van der Waals surface area contributed by atoms with E-state index in [9.17, 15) is 23.6 Å². The number of fused-ring (bicyclic) bond motifs is 1. The van der Waals surface area contributed by atoms with Gasteiger partial charge in [-0.2, -0.15) is 0 Å². The Kier molecular flexibility index (Phi) is 9.73. The number of amides is 4. The van der Waals surface area contributed by atoms with Gasteiger partial charge in [0.15, 0.2) is 0 Å². The predicted octanol–water partition coefficient (Wildman–Crippen LogP) is 3.97. The minimum Gasteiger partial charge on any atom is -0.368 e. The monoisotopic (exact) mass is 629 g/mol. The fraction of sp³-hybridized carbons (Fsp3) is 0.265. The molecule has 1 aromatic heterocycles. The van der Waals surface area contributed by atoms with Gasteiger partial charge in [-0.25, -0.2) is 4.39 Å². The van der Waals surface area contributed by atoms with Crippen LogP contribution in [0.4, 0.5) is 4.39 Å². The number of hydrogen-bond donors (Lipinski definition) is 2. The maximum absolute atomic E-state index is 14.5. The summed E-state index contributed by atoms with van der Waals surface area (Å²) < 4.78 is 14.2. The van der Waals surface area contributed by atoms with Crippen LogP contribution in [-0.2, 0) is 32.0 Å². The van der Waals surface area contributed by atoms with E-state index in [4.69, 9.17) is 17.3 Å². The van der Waals surface area contributed by atoms with Crippen LogP contribution in [0.15, 0.2) is 85.2 Å². The first-order valence-electron chi connectivity index (χ1n) is 14.6.